The summed E-state index contributed by atoms with van der Waals surface area (Å²) in [6, 6.07) is 10.8. The fourth-order valence-electron chi connectivity index (χ4n) is 5.06. The van der Waals surface area contributed by atoms with E-state index in [1.165, 1.54) is 17.7 Å². The summed E-state index contributed by atoms with van der Waals surface area (Å²) in [4.78, 5) is 35.3. The maximum absolute atomic E-state index is 12.8. The zero-order chi connectivity index (χ0) is 31.1. The van der Waals surface area contributed by atoms with Crippen molar-refractivity contribution in [2.75, 3.05) is 51.6 Å². The predicted octanol–water partition coefficient (Wildman–Crippen LogP) is 5.29. The van der Waals surface area contributed by atoms with Crippen molar-refractivity contribution in [2.45, 2.75) is 39.7 Å². The Morgan fingerprint density at radius 2 is 1.77 bits per heavy atom. The summed E-state index contributed by atoms with van der Waals surface area (Å²) in [5, 5.41) is 11.6. The third-order valence-electron chi connectivity index (χ3n) is 7.48. The van der Waals surface area contributed by atoms with Crippen LogP contribution in [0.3, 0.4) is 0 Å². The van der Waals surface area contributed by atoms with E-state index in [0.717, 1.165) is 81.0 Å². The van der Waals surface area contributed by atoms with E-state index in [1.54, 1.807) is 15.5 Å². The summed E-state index contributed by atoms with van der Waals surface area (Å²) in [5.41, 5.74) is 3.18. The van der Waals surface area contributed by atoms with E-state index in [4.69, 9.17) is 5.26 Å². The van der Waals surface area contributed by atoms with Crippen molar-refractivity contribution in [3.63, 3.8) is 0 Å². The number of carbonyl (C=O) groups is 2. The maximum atomic E-state index is 12.8. The predicted molar refractivity (Wildman–Crippen MR) is 165 cm³/mol. The molecule has 2 amide bonds. The molecule has 0 bridgehead atoms. The van der Waals surface area contributed by atoms with Gasteiger partial charge >= 0.3 is 0 Å². The molecule has 2 aliphatic rings. The Balaban J connectivity index is 0.000000255. The normalized spacial score (nSPS) is 16.4. The van der Waals surface area contributed by atoms with Crippen molar-refractivity contribution < 1.29 is 18.4 Å². The van der Waals surface area contributed by atoms with Crippen molar-refractivity contribution in [1.29, 1.82) is 5.26 Å². The molecule has 2 saturated heterocycles. The highest BCUT2D eigenvalue weighted by Gasteiger charge is 2.21. The number of piperazine rings is 1. The van der Waals surface area contributed by atoms with Gasteiger partial charge < -0.3 is 14.4 Å². The van der Waals surface area contributed by atoms with Gasteiger partial charge in [-0.15, -0.1) is 11.3 Å². The molecule has 2 aromatic heterocycles. The van der Waals surface area contributed by atoms with E-state index in [9.17, 15) is 18.4 Å². The first-order valence-corrected chi connectivity index (χ1v) is 15.3. The summed E-state index contributed by atoms with van der Waals surface area (Å²) in [5.74, 6) is 0.113. The quantitative estimate of drug-likeness (QED) is 0.288. The number of benzene rings is 1. The van der Waals surface area contributed by atoms with E-state index in [1.807, 2.05) is 39.1 Å². The zero-order valence-electron chi connectivity index (χ0n) is 25.1. The summed E-state index contributed by atoms with van der Waals surface area (Å²) >= 11 is 0.795. The second kappa shape index (κ2) is 14.7. The molecule has 3 aromatic rings. The molecule has 1 N–H and O–H groups in total. The first-order chi connectivity index (χ1) is 20.5. The molecule has 4 heterocycles. The number of aromatic nitrogens is 2. The molecule has 0 aliphatic carbocycles. The van der Waals surface area contributed by atoms with E-state index < -0.39 is 12.3 Å². The highest BCUT2D eigenvalue weighted by Crippen LogP contribution is 2.28. The van der Waals surface area contributed by atoms with Crippen LogP contribution in [-0.2, 0) is 18.4 Å². The van der Waals surface area contributed by atoms with Gasteiger partial charge in [0.2, 0.25) is 5.95 Å². The first kappa shape index (κ1) is 32.3. The lowest BCUT2D eigenvalue weighted by atomic mass is 10.1. The van der Waals surface area contributed by atoms with Crippen LogP contribution in [0.5, 0.6) is 0 Å². The highest BCUT2D eigenvalue weighted by atomic mass is 32.1. The van der Waals surface area contributed by atoms with Crippen LogP contribution in [0.2, 0.25) is 0 Å². The molecule has 230 valence electrons. The Bertz CT molecular complexity index is 1490. The molecular formula is C31H39F2N7O2S. The number of rotatable bonds is 7. The summed E-state index contributed by atoms with van der Waals surface area (Å²) in [6.45, 7) is 10.6. The number of imidazole rings is 1. The molecule has 0 radical (unpaired) electrons. The summed E-state index contributed by atoms with van der Waals surface area (Å²) in [7, 11) is 3.96. The number of nitriles is 1. The number of allylic oxidation sites excluding steroid dienone is 1. The molecule has 12 heteroatoms. The number of hydrogen-bond donors (Lipinski definition) is 1. The molecule has 2 aliphatic heterocycles. The number of nitrogens with one attached hydrogen (secondary N) is 1. The van der Waals surface area contributed by atoms with Crippen LogP contribution in [-0.4, -0.2) is 82.4 Å². The number of aryl methyl sites for hydroxylation is 1. The zero-order valence-corrected chi connectivity index (χ0v) is 26.0. The molecule has 0 atom stereocenters. The van der Waals surface area contributed by atoms with Crippen molar-refractivity contribution in [3.05, 3.63) is 57.3 Å². The largest absolute Gasteiger partial charge is 0.338 e. The van der Waals surface area contributed by atoms with Crippen molar-refractivity contribution in [3.8, 4) is 6.07 Å². The third-order valence-corrected chi connectivity index (χ3v) is 8.57. The van der Waals surface area contributed by atoms with Gasteiger partial charge in [0.25, 0.3) is 18.2 Å². The SMILES string of the molecule is CC(C)/C=C(\C#N)C(=O)N1CCCC1.CN1CCN(Cc2ccc3c(c2)nc(NC(=O)c2ccc(C(F)F)s2)n3C)CC1. The molecule has 0 unspecified atom stereocenters. The number of alkyl halides is 2. The number of nitrogens with zero attached hydrogens (tertiary/aromatic N) is 6. The number of halogens is 2. The van der Waals surface area contributed by atoms with Gasteiger partial charge in [-0.1, -0.05) is 26.0 Å². The Morgan fingerprint density at radius 1 is 1.07 bits per heavy atom. The molecule has 0 spiro atoms. The number of likely N-dealkylation sites (N-methyl/N-ethyl adjacent to an activating group) is 1. The van der Waals surface area contributed by atoms with Gasteiger partial charge in [0, 0.05) is 52.9 Å². The minimum atomic E-state index is -2.57. The van der Waals surface area contributed by atoms with Crippen molar-refractivity contribution in [2.24, 2.45) is 13.0 Å². The average molecular weight is 612 g/mol. The summed E-state index contributed by atoms with van der Waals surface area (Å²) in [6.07, 6.45) is 1.29. The molecular weight excluding hydrogens is 572 g/mol. The fourth-order valence-corrected chi connectivity index (χ4v) is 5.81. The van der Waals surface area contributed by atoms with Crippen LogP contribution in [0.1, 0.15) is 53.2 Å². The second-order valence-corrected chi connectivity index (χ2v) is 12.4. The number of thiophene rings is 1. The van der Waals surface area contributed by atoms with Gasteiger partial charge in [-0.2, -0.15) is 5.26 Å². The smallest absolute Gasteiger partial charge is 0.272 e. The number of carbonyl (C=O) groups excluding carboxylic acids is 2. The molecule has 1 aromatic carbocycles. The van der Waals surface area contributed by atoms with Crippen LogP contribution in [0, 0.1) is 17.2 Å². The van der Waals surface area contributed by atoms with E-state index in [0.29, 0.717) is 11.5 Å². The Hall–Kier alpha value is -3.66. The van der Waals surface area contributed by atoms with Crippen LogP contribution in [0.4, 0.5) is 14.7 Å². The van der Waals surface area contributed by atoms with Gasteiger partial charge in [-0.3, -0.25) is 19.8 Å². The minimum Gasteiger partial charge on any atom is -0.338 e. The molecule has 0 saturated carbocycles. The van der Waals surface area contributed by atoms with Gasteiger partial charge in [0.15, 0.2) is 0 Å². The molecule has 5 rings (SSSR count). The number of amides is 2. The lowest BCUT2D eigenvalue weighted by Gasteiger charge is -2.32. The third kappa shape index (κ3) is 8.46. The highest BCUT2D eigenvalue weighted by molar-refractivity contribution is 7.14. The number of likely N-dealkylation sites (tertiary alicyclic amines) is 1. The van der Waals surface area contributed by atoms with Gasteiger partial charge in [0.1, 0.15) is 11.6 Å². The fraction of sp³-hybridized carbons (Fsp3) is 0.484. The molecule has 9 nitrogen and oxygen atoms in total. The maximum Gasteiger partial charge on any atom is 0.272 e. The first-order valence-electron chi connectivity index (χ1n) is 14.5. The van der Waals surface area contributed by atoms with Gasteiger partial charge in [0.05, 0.1) is 20.8 Å². The lowest BCUT2D eigenvalue weighted by Crippen LogP contribution is -2.43. The van der Waals surface area contributed by atoms with Crippen LogP contribution >= 0.6 is 11.3 Å². The van der Waals surface area contributed by atoms with Crippen molar-refractivity contribution >= 4 is 40.1 Å². The Kier molecular flexibility index (Phi) is 11.0. The topological polar surface area (TPSA) is 97.5 Å². The standard InChI is InChI=1S/C20H23F2N5OS.C11H16N2O/c1-25-7-9-27(10-8-25)12-13-3-4-15-14(11-13)23-20(26(15)2)24-19(28)17-6-5-16(29-17)18(21)22;1-9(2)7-10(8-12)11(14)13-5-3-4-6-13/h3-6,11,18H,7-10,12H2,1-2H3,(H,23,24,28);7,9H,3-6H2,1-2H3/b;10-7+. The number of fused-ring (bicyclic) bond motifs is 1. The average Bonchev–Trinajstić information content (AvgIpc) is 3.75. The molecule has 43 heavy (non-hydrogen) atoms. The van der Waals surface area contributed by atoms with Crippen LogP contribution in [0.15, 0.2) is 42.0 Å². The van der Waals surface area contributed by atoms with E-state index in [-0.39, 0.29) is 21.6 Å². The monoisotopic (exact) mass is 611 g/mol. The molecule has 2 fully saturated rings. The van der Waals surface area contributed by atoms with E-state index in [2.05, 4.69) is 33.2 Å². The Labute approximate surface area is 255 Å². The lowest BCUT2D eigenvalue weighted by molar-refractivity contribution is -0.125. The summed E-state index contributed by atoms with van der Waals surface area (Å²) < 4.78 is 27.3. The number of hydrogen-bond acceptors (Lipinski definition) is 7. The van der Waals surface area contributed by atoms with Crippen LogP contribution < -0.4 is 5.32 Å². The number of anilines is 1. The van der Waals surface area contributed by atoms with Crippen molar-refractivity contribution in [1.82, 2.24) is 24.3 Å². The van der Waals surface area contributed by atoms with Gasteiger partial charge in [-0.05, 0) is 55.6 Å². The second-order valence-electron chi connectivity index (χ2n) is 11.3. The Morgan fingerprint density at radius 3 is 2.37 bits per heavy atom. The van der Waals surface area contributed by atoms with Crippen LogP contribution in [0.25, 0.3) is 11.0 Å². The minimum absolute atomic E-state index is 0.0984. The van der Waals surface area contributed by atoms with E-state index >= 15 is 0 Å². The van der Waals surface area contributed by atoms with Gasteiger partial charge in [-0.25, -0.2) is 13.8 Å².